The third kappa shape index (κ3) is 1.97. The maximum Gasteiger partial charge on any atom is 0.0934 e. The molecule has 2 unspecified atom stereocenters. The summed E-state index contributed by atoms with van der Waals surface area (Å²) in [5.41, 5.74) is 0. The molecule has 0 saturated heterocycles. The Morgan fingerprint density at radius 3 is 2.83 bits per heavy atom. The van der Waals surface area contributed by atoms with Crippen LogP contribution in [0.3, 0.4) is 0 Å². The largest absolute Gasteiger partial charge is 0.368 e. The fourth-order valence-electron chi connectivity index (χ4n) is 1.27. The molecule has 0 aromatic rings. The Balaban J connectivity index is 0.000000336. The van der Waals surface area contributed by atoms with Crippen LogP contribution in [-0.2, 0) is 0 Å². The third-order valence-electron chi connectivity index (χ3n) is 1.83. The molecule has 2 aliphatic rings. The van der Waals surface area contributed by atoms with E-state index in [0.717, 1.165) is 6.42 Å². The maximum atomic E-state index is 4.24. The highest BCUT2D eigenvalue weighted by molar-refractivity contribution is 5.60. The Labute approximate surface area is 74.1 Å². The summed E-state index contributed by atoms with van der Waals surface area (Å²) in [5.74, 6) is 0. The number of hydrogen-bond acceptors (Lipinski definition) is 2. The molecule has 1 aliphatic carbocycles. The van der Waals surface area contributed by atoms with E-state index in [9.17, 15) is 0 Å². The molecule has 0 aromatic carbocycles. The number of nitrogens with zero attached hydrogens (tertiary/aromatic N) is 1. The Bertz CT molecular complexity index is 204. The van der Waals surface area contributed by atoms with Gasteiger partial charge in [0.2, 0.25) is 0 Å². The topological polar surface area (TPSA) is 24.4 Å². The standard InChI is InChI=1S/C8H10N2.C2H6/c1-2-4-7-8(5-3-1)10-6-9-7;1-2/h2-8H,1H2,(H,9,10);1-2H3. The van der Waals surface area contributed by atoms with Crippen LogP contribution >= 0.6 is 0 Å². The van der Waals surface area contributed by atoms with E-state index in [-0.39, 0.29) is 0 Å². The number of fused-ring (bicyclic) bond motifs is 1. The highest BCUT2D eigenvalue weighted by atomic mass is 15.1. The van der Waals surface area contributed by atoms with Crippen LogP contribution < -0.4 is 5.32 Å². The van der Waals surface area contributed by atoms with Gasteiger partial charge in [-0.25, -0.2) is 0 Å². The zero-order valence-corrected chi connectivity index (χ0v) is 7.70. The number of nitrogens with one attached hydrogen (secondary N) is 1. The lowest BCUT2D eigenvalue weighted by Gasteiger charge is -2.07. The molecule has 0 fully saturated rings. The van der Waals surface area contributed by atoms with Gasteiger partial charge in [0.15, 0.2) is 0 Å². The number of aliphatic imine (C=N–C) groups is 1. The first-order valence-corrected chi connectivity index (χ1v) is 4.58. The Hall–Kier alpha value is -1.05. The third-order valence-corrected chi connectivity index (χ3v) is 1.83. The summed E-state index contributed by atoms with van der Waals surface area (Å²) in [7, 11) is 0. The van der Waals surface area contributed by atoms with Crippen LogP contribution in [0.15, 0.2) is 29.3 Å². The van der Waals surface area contributed by atoms with Gasteiger partial charge in [-0.05, 0) is 6.42 Å². The van der Waals surface area contributed by atoms with E-state index < -0.39 is 0 Å². The zero-order chi connectivity index (χ0) is 8.81. The molecule has 2 heteroatoms. The van der Waals surface area contributed by atoms with Crippen molar-refractivity contribution in [2.24, 2.45) is 4.99 Å². The molecule has 0 bridgehead atoms. The lowest BCUT2D eigenvalue weighted by Crippen LogP contribution is -2.27. The predicted molar refractivity (Wildman–Crippen MR) is 53.4 cm³/mol. The van der Waals surface area contributed by atoms with E-state index in [1.54, 1.807) is 6.34 Å². The Morgan fingerprint density at radius 1 is 1.25 bits per heavy atom. The molecule has 1 N–H and O–H groups in total. The Morgan fingerprint density at radius 2 is 2.00 bits per heavy atom. The summed E-state index contributed by atoms with van der Waals surface area (Å²) in [4.78, 5) is 4.24. The van der Waals surface area contributed by atoms with Crippen LogP contribution in [0.2, 0.25) is 0 Å². The molecular weight excluding hydrogens is 148 g/mol. The summed E-state index contributed by atoms with van der Waals surface area (Å²) < 4.78 is 0. The zero-order valence-electron chi connectivity index (χ0n) is 7.70. The molecule has 0 amide bonds. The summed E-state index contributed by atoms with van der Waals surface area (Å²) in [5, 5.41) is 3.17. The van der Waals surface area contributed by atoms with Crippen molar-refractivity contribution >= 4 is 6.34 Å². The van der Waals surface area contributed by atoms with Gasteiger partial charge >= 0.3 is 0 Å². The van der Waals surface area contributed by atoms with Crippen molar-refractivity contribution in [3.63, 3.8) is 0 Å². The molecule has 1 heterocycles. The maximum absolute atomic E-state index is 4.24. The molecule has 2 nitrogen and oxygen atoms in total. The summed E-state index contributed by atoms with van der Waals surface area (Å²) in [6, 6.07) is 0.762. The van der Waals surface area contributed by atoms with Crippen LogP contribution in [-0.4, -0.2) is 18.4 Å². The molecule has 2 atom stereocenters. The van der Waals surface area contributed by atoms with E-state index in [4.69, 9.17) is 0 Å². The molecule has 66 valence electrons. The summed E-state index contributed by atoms with van der Waals surface area (Å²) in [6.45, 7) is 4.00. The van der Waals surface area contributed by atoms with Crippen molar-refractivity contribution < 1.29 is 0 Å². The minimum absolute atomic E-state index is 0.346. The van der Waals surface area contributed by atoms with Gasteiger partial charge in [-0.3, -0.25) is 4.99 Å². The first kappa shape index (κ1) is 9.04. The van der Waals surface area contributed by atoms with Gasteiger partial charge in [-0.2, -0.15) is 0 Å². The van der Waals surface area contributed by atoms with E-state index in [0.29, 0.717) is 12.1 Å². The van der Waals surface area contributed by atoms with Crippen LogP contribution in [0.25, 0.3) is 0 Å². The molecule has 0 spiro atoms. The van der Waals surface area contributed by atoms with Gasteiger partial charge in [0.1, 0.15) is 0 Å². The highest BCUT2D eigenvalue weighted by Gasteiger charge is 2.18. The van der Waals surface area contributed by atoms with Crippen LogP contribution in [0.1, 0.15) is 20.3 Å². The van der Waals surface area contributed by atoms with Crippen molar-refractivity contribution in [2.45, 2.75) is 32.4 Å². The lowest BCUT2D eigenvalue weighted by atomic mass is 10.1. The average molecular weight is 164 g/mol. The fourth-order valence-corrected chi connectivity index (χ4v) is 1.27. The number of rotatable bonds is 0. The lowest BCUT2D eigenvalue weighted by molar-refractivity contribution is 0.705. The minimum atomic E-state index is 0.346. The molecule has 2 rings (SSSR count). The van der Waals surface area contributed by atoms with Crippen molar-refractivity contribution in [3.05, 3.63) is 24.3 Å². The van der Waals surface area contributed by atoms with Crippen molar-refractivity contribution in [1.29, 1.82) is 0 Å². The smallest absolute Gasteiger partial charge is 0.0934 e. The van der Waals surface area contributed by atoms with Crippen molar-refractivity contribution in [3.8, 4) is 0 Å². The van der Waals surface area contributed by atoms with E-state index in [1.165, 1.54) is 0 Å². The van der Waals surface area contributed by atoms with Gasteiger partial charge < -0.3 is 5.32 Å². The van der Waals surface area contributed by atoms with Gasteiger partial charge in [-0.15, -0.1) is 0 Å². The van der Waals surface area contributed by atoms with Crippen molar-refractivity contribution in [2.75, 3.05) is 0 Å². The normalized spacial score (nSPS) is 29.8. The van der Waals surface area contributed by atoms with E-state index >= 15 is 0 Å². The average Bonchev–Trinajstić information content (AvgIpc) is 2.46. The van der Waals surface area contributed by atoms with Crippen LogP contribution in [0.4, 0.5) is 0 Å². The first-order chi connectivity index (χ1) is 5.97. The molecule has 12 heavy (non-hydrogen) atoms. The molecule has 0 radical (unpaired) electrons. The van der Waals surface area contributed by atoms with Gasteiger partial charge in [0, 0.05) is 0 Å². The number of allylic oxidation sites excluding steroid dienone is 2. The molecule has 0 saturated carbocycles. The summed E-state index contributed by atoms with van der Waals surface area (Å²) in [6.07, 6.45) is 11.5. The molecule has 1 aliphatic heterocycles. The predicted octanol–water partition coefficient (Wildman–Crippen LogP) is 1.90. The monoisotopic (exact) mass is 164 g/mol. The van der Waals surface area contributed by atoms with Gasteiger partial charge in [0.25, 0.3) is 0 Å². The fraction of sp³-hybridized carbons (Fsp3) is 0.500. The van der Waals surface area contributed by atoms with Gasteiger partial charge in [0.05, 0.1) is 18.4 Å². The van der Waals surface area contributed by atoms with Gasteiger partial charge in [-0.1, -0.05) is 38.2 Å². The molecular formula is C10H16N2. The second-order valence-corrected chi connectivity index (χ2v) is 2.55. The highest BCUT2D eigenvalue weighted by Crippen LogP contribution is 2.11. The van der Waals surface area contributed by atoms with E-state index in [2.05, 4.69) is 34.6 Å². The van der Waals surface area contributed by atoms with Crippen LogP contribution in [0.5, 0.6) is 0 Å². The SMILES string of the molecule is C1=CC2N=CNC2C=CC1.CC. The van der Waals surface area contributed by atoms with Crippen molar-refractivity contribution in [1.82, 2.24) is 5.32 Å². The first-order valence-electron chi connectivity index (χ1n) is 4.58. The quantitative estimate of drug-likeness (QED) is 0.543. The minimum Gasteiger partial charge on any atom is -0.368 e. The second-order valence-electron chi connectivity index (χ2n) is 2.55. The number of hydrogen-bond donors (Lipinski definition) is 1. The van der Waals surface area contributed by atoms with E-state index in [1.807, 2.05) is 13.8 Å². The molecule has 0 aromatic heterocycles. The second kappa shape index (κ2) is 4.75. The summed E-state index contributed by atoms with van der Waals surface area (Å²) >= 11 is 0. The van der Waals surface area contributed by atoms with Crippen LogP contribution in [0, 0.1) is 0 Å². The Kier molecular flexibility index (Phi) is 3.58.